The van der Waals surface area contributed by atoms with Gasteiger partial charge in [-0.05, 0) is 13.8 Å². The fourth-order valence-electron chi connectivity index (χ4n) is 0.395. The molecule has 0 saturated carbocycles. The largest absolute Gasteiger partial charge is 0.366 e. The first-order valence-electron chi connectivity index (χ1n) is 2.89. The highest BCUT2D eigenvalue weighted by atomic mass is 16.1. The first kappa shape index (κ1) is 8.77. The van der Waals surface area contributed by atoms with Crippen LogP contribution in [0.25, 0.3) is 0 Å². The third kappa shape index (κ3) is 1.63. The molecule has 2 N–H and O–H groups in total. The Balaban J connectivity index is 4.54. The molecule has 0 atom stereocenters. The van der Waals surface area contributed by atoms with Gasteiger partial charge in [0.2, 0.25) is 5.91 Å². The van der Waals surface area contributed by atoms with Gasteiger partial charge in [0.05, 0.1) is 5.41 Å². The average molecular weight is 137 g/mol. The van der Waals surface area contributed by atoms with Crippen molar-refractivity contribution < 1.29 is 4.79 Å². The Hall–Kier alpha value is -1.23. The molecule has 2 heteroatoms. The van der Waals surface area contributed by atoms with E-state index in [4.69, 9.17) is 12.2 Å². The smallest absolute Gasteiger partial charge is 0.245 e. The number of nitrogens with two attached hydrogens (primary N) is 1. The van der Waals surface area contributed by atoms with Crippen LogP contribution in [0.15, 0.2) is 12.2 Å². The van der Waals surface area contributed by atoms with Gasteiger partial charge in [-0.2, -0.15) is 0 Å². The summed E-state index contributed by atoms with van der Waals surface area (Å²) in [4.78, 5) is 10.5. The predicted molar refractivity (Wildman–Crippen MR) is 40.9 cm³/mol. The van der Waals surface area contributed by atoms with Crippen LogP contribution < -0.4 is 5.73 Å². The molecule has 0 bridgehead atoms. The topological polar surface area (TPSA) is 43.1 Å². The van der Waals surface area contributed by atoms with Crippen molar-refractivity contribution >= 4 is 5.91 Å². The van der Waals surface area contributed by atoms with Crippen LogP contribution in [-0.4, -0.2) is 5.91 Å². The molecule has 1 amide bonds. The van der Waals surface area contributed by atoms with Crippen molar-refractivity contribution in [3.8, 4) is 12.3 Å². The first-order chi connectivity index (χ1) is 4.41. The van der Waals surface area contributed by atoms with Crippen molar-refractivity contribution in [1.29, 1.82) is 0 Å². The summed E-state index contributed by atoms with van der Waals surface area (Å²) in [7, 11) is 0. The zero-order chi connectivity index (χ0) is 8.36. The quantitative estimate of drug-likeness (QED) is 0.441. The van der Waals surface area contributed by atoms with Crippen molar-refractivity contribution in [2.24, 2.45) is 11.1 Å². The Morgan fingerprint density at radius 2 is 2.10 bits per heavy atom. The fourth-order valence-corrected chi connectivity index (χ4v) is 0.395. The van der Waals surface area contributed by atoms with E-state index in [0.717, 1.165) is 0 Å². The molecule has 0 rings (SSSR count). The van der Waals surface area contributed by atoms with Crippen molar-refractivity contribution in [2.75, 3.05) is 0 Å². The Bertz CT molecular complexity index is 208. The maximum atomic E-state index is 10.5. The maximum absolute atomic E-state index is 10.5. The van der Waals surface area contributed by atoms with Crippen molar-refractivity contribution in [1.82, 2.24) is 0 Å². The summed E-state index contributed by atoms with van der Waals surface area (Å²) < 4.78 is 0. The summed E-state index contributed by atoms with van der Waals surface area (Å²) >= 11 is 0. The van der Waals surface area contributed by atoms with E-state index in [-0.39, 0.29) is 5.57 Å². The minimum atomic E-state index is -0.619. The van der Waals surface area contributed by atoms with Crippen molar-refractivity contribution in [3.05, 3.63) is 12.2 Å². The Kier molecular flexibility index (Phi) is 2.25. The van der Waals surface area contributed by atoms with E-state index in [0.29, 0.717) is 0 Å². The van der Waals surface area contributed by atoms with Crippen LogP contribution in [0.3, 0.4) is 0 Å². The molecular weight excluding hydrogens is 126 g/mol. The highest BCUT2D eigenvalue weighted by molar-refractivity contribution is 5.93. The van der Waals surface area contributed by atoms with Gasteiger partial charge in [-0.25, -0.2) is 0 Å². The van der Waals surface area contributed by atoms with E-state index >= 15 is 0 Å². The fraction of sp³-hybridized carbons (Fsp3) is 0.375. The van der Waals surface area contributed by atoms with Crippen LogP contribution in [0.1, 0.15) is 13.8 Å². The van der Waals surface area contributed by atoms with Gasteiger partial charge in [-0.1, -0.05) is 12.5 Å². The molecule has 0 aromatic carbocycles. The molecule has 0 aliphatic heterocycles. The number of hydrogen-bond acceptors (Lipinski definition) is 1. The molecule has 0 aromatic heterocycles. The second-order valence-electron chi connectivity index (χ2n) is 2.61. The number of amides is 1. The Morgan fingerprint density at radius 3 is 2.20 bits per heavy atom. The predicted octanol–water partition coefficient (Wildman–Crippen LogP) is 0.687. The van der Waals surface area contributed by atoms with Gasteiger partial charge in [0.25, 0.3) is 0 Å². The van der Waals surface area contributed by atoms with Gasteiger partial charge in [-0.15, -0.1) is 6.42 Å². The molecule has 54 valence electrons. The van der Waals surface area contributed by atoms with E-state index in [2.05, 4.69) is 12.5 Å². The number of hydrogen-bond donors (Lipinski definition) is 1. The van der Waals surface area contributed by atoms with E-state index in [1.807, 2.05) is 0 Å². The monoisotopic (exact) mass is 137 g/mol. The van der Waals surface area contributed by atoms with Gasteiger partial charge >= 0.3 is 0 Å². The molecule has 0 saturated heterocycles. The van der Waals surface area contributed by atoms with Gasteiger partial charge in [0.15, 0.2) is 0 Å². The van der Waals surface area contributed by atoms with E-state index in [1.54, 1.807) is 13.8 Å². The van der Waals surface area contributed by atoms with Gasteiger partial charge in [0.1, 0.15) is 0 Å². The molecule has 0 fully saturated rings. The molecular formula is C8H11NO. The van der Waals surface area contributed by atoms with Crippen LogP contribution >= 0.6 is 0 Å². The second-order valence-corrected chi connectivity index (χ2v) is 2.61. The van der Waals surface area contributed by atoms with E-state index < -0.39 is 11.3 Å². The molecule has 0 unspecified atom stereocenters. The number of terminal acetylenes is 1. The molecule has 0 aliphatic carbocycles. The SMILES string of the molecule is C#CC(C)(C)C(=C)C(N)=O. The highest BCUT2D eigenvalue weighted by Crippen LogP contribution is 2.22. The van der Waals surface area contributed by atoms with Crippen molar-refractivity contribution in [3.63, 3.8) is 0 Å². The summed E-state index contributed by atoms with van der Waals surface area (Å²) in [5.41, 5.74) is 4.62. The first-order valence-corrected chi connectivity index (χ1v) is 2.89. The van der Waals surface area contributed by atoms with Crippen LogP contribution in [0.4, 0.5) is 0 Å². The summed E-state index contributed by atoms with van der Waals surface area (Å²) in [6.07, 6.45) is 5.13. The Morgan fingerprint density at radius 1 is 1.70 bits per heavy atom. The minimum absolute atomic E-state index is 0.273. The van der Waals surface area contributed by atoms with Crippen LogP contribution in [0, 0.1) is 17.8 Å². The normalized spacial score (nSPS) is 10.1. The summed E-state index contributed by atoms with van der Waals surface area (Å²) in [6, 6.07) is 0. The van der Waals surface area contributed by atoms with Crippen LogP contribution in [0.5, 0.6) is 0 Å². The lowest BCUT2D eigenvalue weighted by Crippen LogP contribution is -2.24. The number of carbonyl (C=O) groups is 1. The lowest BCUT2D eigenvalue weighted by Gasteiger charge is -2.16. The van der Waals surface area contributed by atoms with E-state index in [9.17, 15) is 4.79 Å². The molecule has 0 spiro atoms. The van der Waals surface area contributed by atoms with Crippen LogP contribution in [-0.2, 0) is 4.79 Å². The maximum Gasteiger partial charge on any atom is 0.245 e. The summed E-state index contributed by atoms with van der Waals surface area (Å²) in [6.45, 7) is 6.92. The molecule has 0 aromatic rings. The Labute approximate surface area is 61.1 Å². The van der Waals surface area contributed by atoms with E-state index in [1.165, 1.54) is 0 Å². The van der Waals surface area contributed by atoms with Gasteiger partial charge < -0.3 is 5.73 Å². The number of carbonyl (C=O) groups excluding carboxylic acids is 1. The van der Waals surface area contributed by atoms with Gasteiger partial charge in [0, 0.05) is 5.57 Å². The average Bonchev–Trinajstić information content (AvgIpc) is 1.86. The zero-order valence-corrected chi connectivity index (χ0v) is 6.27. The molecule has 0 heterocycles. The summed E-state index contributed by atoms with van der Waals surface area (Å²) in [5.74, 6) is 1.88. The number of rotatable bonds is 2. The zero-order valence-electron chi connectivity index (χ0n) is 6.27. The summed E-state index contributed by atoms with van der Waals surface area (Å²) in [5, 5.41) is 0. The lowest BCUT2D eigenvalue weighted by molar-refractivity contribution is -0.115. The molecule has 10 heavy (non-hydrogen) atoms. The van der Waals surface area contributed by atoms with Crippen LogP contribution in [0.2, 0.25) is 0 Å². The third-order valence-electron chi connectivity index (χ3n) is 1.41. The van der Waals surface area contributed by atoms with Gasteiger partial charge in [-0.3, -0.25) is 4.79 Å². The third-order valence-corrected chi connectivity index (χ3v) is 1.41. The molecule has 0 aliphatic rings. The minimum Gasteiger partial charge on any atom is -0.366 e. The molecule has 2 nitrogen and oxygen atoms in total. The molecule has 0 radical (unpaired) electrons. The van der Waals surface area contributed by atoms with Crippen molar-refractivity contribution in [2.45, 2.75) is 13.8 Å². The lowest BCUT2D eigenvalue weighted by atomic mass is 9.86. The number of primary amides is 1. The standard InChI is InChI=1S/C8H11NO/c1-5-8(3,4)6(2)7(9)10/h1H,2H2,3-4H3,(H2,9,10). The second kappa shape index (κ2) is 2.57. The highest BCUT2D eigenvalue weighted by Gasteiger charge is 2.21.